The van der Waals surface area contributed by atoms with E-state index >= 15 is 0 Å². The molecule has 8 heteroatoms. The van der Waals surface area contributed by atoms with Crippen molar-refractivity contribution in [3.8, 4) is 5.75 Å². The van der Waals surface area contributed by atoms with E-state index in [2.05, 4.69) is 47.3 Å². The van der Waals surface area contributed by atoms with Crippen molar-refractivity contribution >= 4 is 33.7 Å². The lowest BCUT2D eigenvalue weighted by Gasteiger charge is -2.23. The minimum atomic E-state index is -0.368. The van der Waals surface area contributed by atoms with Crippen LogP contribution in [0.15, 0.2) is 66.9 Å². The van der Waals surface area contributed by atoms with Gasteiger partial charge in [0.25, 0.3) is 0 Å². The average Bonchev–Trinajstić information content (AvgIpc) is 3.67. The van der Waals surface area contributed by atoms with Crippen molar-refractivity contribution in [2.45, 2.75) is 57.8 Å². The highest BCUT2D eigenvalue weighted by Gasteiger charge is 2.24. The molecule has 2 atom stereocenters. The van der Waals surface area contributed by atoms with Gasteiger partial charge in [0.15, 0.2) is 6.23 Å². The molecule has 1 unspecified atom stereocenters. The number of ether oxygens (including phenoxy) is 2. The van der Waals surface area contributed by atoms with Crippen molar-refractivity contribution in [2.24, 2.45) is 0 Å². The maximum absolute atomic E-state index is 14.1. The van der Waals surface area contributed by atoms with E-state index in [0.29, 0.717) is 11.4 Å². The number of aromatic nitrogens is 2. The number of nitrogens with zero attached hydrogens (tertiary/aromatic N) is 3. The number of alkyl halides is 1. The topological polar surface area (TPSA) is 39.5 Å². The Morgan fingerprint density at radius 1 is 1.05 bits per heavy atom. The Kier molecular flexibility index (Phi) is 9.41. The predicted molar refractivity (Wildman–Crippen MR) is 169 cm³/mol. The van der Waals surface area contributed by atoms with E-state index in [1.807, 2.05) is 23.0 Å². The molecule has 3 heterocycles. The van der Waals surface area contributed by atoms with Gasteiger partial charge >= 0.3 is 0 Å². The van der Waals surface area contributed by atoms with Crippen molar-refractivity contribution in [1.82, 2.24) is 14.7 Å². The molecule has 2 aliphatic heterocycles. The third-order valence-electron chi connectivity index (χ3n) is 8.51. The summed E-state index contributed by atoms with van der Waals surface area (Å²) in [6.45, 7) is 5.12. The molecule has 43 heavy (non-hydrogen) atoms. The largest absolute Gasteiger partial charge is 0.489 e. The first-order valence-electron chi connectivity index (χ1n) is 15.4. The maximum Gasteiger partial charge on any atom is 0.150 e. The van der Waals surface area contributed by atoms with Crippen molar-refractivity contribution in [3.63, 3.8) is 0 Å². The fraction of sp³-hybridized carbons (Fsp3) is 0.400. The molecule has 4 aromatic rings. The predicted octanol–water partition coefficient (Wildman–Crippen LogP) is 8.71. The van der Waals surface area contributed by atoms with E-state index in [1.54, 1.807) is 6.07 Å². The quantitative estimate of drug-likeness (QED) is 0.170. The SMILES string of the molecule is CC/C(=C(\c1ccc2c(cnn2C2CCCCO2)c1)c1ccc(F)cc1Cl)c1ccc(O[C@H]2CCN(CCCF)C2)cc1. The van der Waals surface area contributed by atoms with E-state index in [0.717, 1.165) is 103 Å². The second-order valence-electron chi connectivity index (χ2n) is 11.4. The summed E-state index contributed by atoms with van der Waals surface area (Å²) in [4.78, 5) is 2.26. The molecule has 3 aromatic carbocycles. The van der Waals surface area contributed by atoms with E-state index < -0.39 is 0 Å². The number of benzene rings is 3. The van der Waals surface area contributed by atoms with Gasteiger partial charge in [0.1, 0.15) is 17.7 Å². The summed E-state index contributed by atoms with van der Waals surface area (Å²) >= 11 is 6.70. The Labute approximate surface area is 257 Å². The first-order valence-corrected chi connectivity index (χ1v) is 15.7. The van der Waals surface area contributed by atoms with Crippen LogP contribution in [0.5, 0.6) is 5.75 Å². The highest BCUT2D eigenvalue weighted by atomic mass is 35.5. The highest BCUT2D eigenvalue weighted by molar-refractivity contribution is 6.33. The molecule has 0 saturated carbocycles. The zero-order valence-corrected chi connectivity index (χ0v) is 25.3. The van der Waals surface area contributed by atoms with Gasteiger partial charge < -0.3 is 9.47 Å². The van der Waals surface area contributed by atoms with Gasteiger partial charge in [-0.25, -0.2) is 9.07 Å². The number of hydrogen-bond acceptors (Lipinski definition) is 4. The number of hydrogen-bond donors (Lipinski definition) is 0. The number of fused-ring (bicyclic) bond motifs is 1. The summed E-state index contributed by atoms with van der Waals surface area (Å²) < 4.78 is 41.0. The average molecular weight is 606 g/mol. The number of rotatable bonds is 10. The molecule has 0 bridgehead atoms. The van der Waals surface area contributed by atoms with Crippen LogP contribution in [-0.2, 0) is 4.74 Å². The minimum absolute atomic E-state index is 0.0481. The summed E-state index contributed by atoms with van der Waals surface area (Å²) in [7, 11) is 0. The maximum atomic E-state index is 14.1. The van der Waals surface area contributed by atoms with Crippen LogP contribution < -0.4 is 4.74 Å². The molecular formula is C35H38ClF2N3O2. The second kappa shape index (κ2) is 13.6. The Balaban J connectivity index is 1.34. The van der Waals surface area contributed by atoms with E-state index in [9.17, 15) is 8.78 Å². The molecular weight excluding hydrogens is 568 g/mol. The van der Waals surface area contributed by atoms with Crippen LogP contribution >= 0.6 is 11.6 Å². The third-order valence-corrected chi connectivity index (χ3v) is 8.82. The fourth-order valence-electron chi connectivity index (χ4n) is 6.37. The normalized spacial score (nSPS) is 20.0. The number of allylic oxidation sites excluding steroid dienone is 1. The van der Waals surface area contributed by atoms with Crippen LogP contribution in [-0.4, -0.2) is 53.7 Å². The van der Waals surface area contributed by atoms with Crippen LogP contribution in [0.4, 0.5) is 8.78 Å². The van der Waals surface area contributed by atoms with E-state index in [-0.39, 0.29) is 24.8 Å². The van der Waals surface area contributed by atoms with Gasteiger partial charge in [0.05, 0.1) is 23.4 Å². The molecule has 2 aliphatic rings. The molecule has 1 aromatic heterocycles. The van der Waals surface area contributed by atoms with Gasteiger partial charge in [0, 0.05) is 37.2 Å². The Morgan fingerprint density at radius 3 is 2.63 bits per heavy atom. The Morgan fingerprint density at radius 2 is 1.88 bits per heavy atom. The number of halogens is 3. The minimum Gasteiger partial charge on any atom is -0.489 e. The lowest BCUT2D eigenvalue weighted by Crippen LogP contribution is -2.26. The summed E-state index contributed by atoms with van der Waals surface area (Å²) in [5, 5.41) is 6.06. The van der Waals surface area contributed by atoms with Crippen LogP contribution in [0.25, 0.3) is 22.0 Å². The molecule has 226 valence electrons. The zero-order chi connectivity index (χ0) is 29.8. The van der Waals surface area contributed by atoms with Crippen LogP contribution in [0.1, 0.15) is 68.4 Å². The van der Waals surface area contributed by atoms with Crippen molar-refractivity contribution in [2.75, 3.05) is 32.9 Å². The summed E-state index contributed by atoms with van der Waals surface area (Å²) in [5.74, 6) is 0.448. The van der Waals surface area contributed by atoms with Gasteiger partial charge in [-0.3, -0.25) is 9.29 Å². The lowest BCUT2D eigenvalue weighted by atomic mass is 9.87. The van der Waals surface area contributed by atoms with Gasteiger partial charge in [0.2, 0.25) is 0 Å². The van der Waals surface area contributed by atoms with Crippen molar-refractivity contribution in [1.29, 1.82) is 0 Å². The van der Waals surface area contributed by atoms with Crippen LogP contribution in [0.2, 0.25) is 5.02 Å². The van der Waals surface area contributed by atoms with E-state index in [4.69, 9.17) is 21.1 Å². The van der Waals surface area contributed by atoms with Crippen LogP contribution in [0, 0.1) is 5.82 Å². The Bertz CT molecular complexity index is 1580. The van der Waals surface area contributed by atoms with Crippen LogP contribution in [0.3, 0.4) is 0 Å². The first kappa shape index (κ1) is 29.8. The standard InChI is InChI=1S/C35H38ClF2N3O2/c1-2-30(24-7-11-28(12-8-24)43-29-15-18-40(23-29)17-5-16-37)35(31-13-10-27(38)21-32(31)36)25-9-14-33-26(20-25)22-39-41(33)34-6-3-4-19-42-34/h7-14,20-22,29,34H,2-6,15-19,23H2,1H3/b35-30-/t29-,34?/m0/s1. The molecule has 5 nitrogen and oxygen atoms in total. The Hall–Kier alpha value is -3.26. The summed E-state index contributed by atoms with van der Waals surface area (Å²) in [6, 6.07) is 19.1. The molecule has 0 spiro atoms. The fourth-order valence-corrected chi connectivity index (χ4v) is 6.63. The van der Waals surface area contributed by atoms with Gasteiger partial charge in [-0.1, -0.05) is 36.7 Å². The lowest BCUT2D eigenvalue weighted by molar-refractivity contribution is -0.0366. The zero-order valence-electron chi connectivity index (χ0n) is 24.6. The first-order chi connectivity index (χ1) is 21.0. The molecule has 0 radical (unpaired) electrons. The summed E-state index contributed by atoms with van der Waals surface area (Å²) in [6.07, 6.45) is 7.35. The second-order valence-corrected chi connectivity index (χ2v) is 11.8. The molecule has 0 amide bonds. The molecule has 0 aliphatic carbocycles. The molecule has 6 rings (SSSR count). The van der Waals surface area contributed by atoms with Crippen molar-refractivity contribution < 1.29 is 18.3 Å². The third kappa shape index (κ3) is 6.64. The van der Waals surface area contributed by atoms with Gasteiger partial charge in [-0.15, -0.1) is 0 Å². The van der Waals surface area contributed by atoms with Gasteiger partial charge in [-0.2, -0.15) is 5.10 Å². The highest BCUT2D eigenvalue weighted by Crippen LogP contribution is 2.39. The monoisotopic (exact) mass is 605 g/mol. The molecule has 0 N–H and O–H groups in total. The van der Waals surface area contributed by atoms with E-state index in [1.165, 1.54) is 12.1 Å². The van der Waals surface area contributed by atoms with Gasteiger partial charge in [-0.05, 0) is 103 Å². The van der Waals surface area contributed by atoms with Crippen molar-refractivity contribution in [3.05, 3.63) is 94.4 Å². The molecule has 2 saturated heterocycles. The summed E-state index contributed by atoms with van der Waals surface area (Å²) in [5.41, 5.74) is 5.90. The smallest absolute Gasteiger partial charge is 0.150 e. The number of likely N-dealkylation sites (tertiary alicyclic amines) is 1. The molecule has 2 fully saturated rings.